The Hall–Kier alpha value is -2.37. The minimum Gasteiger partial charge on any atom is -0.441 e. The van der Waals surface area contributed by atoms with Crippen LogP contribution in [0, 0.1) is 6.92 Å². The molecule has 0 unspecified atom stereocenters. The lowest BCUT2D eigenvalue weighted by Gasteiger charge is -2.02. The third-order valence-corrected chi connectivity index (χ3v) is 2.24. The maximum atomic E-state index is 11.0. The van der Waals surface area contributed by atoms with Gasteiger partial charge >= 0.3 is 11.8 Å². The van der Waals surface area contributed by atoms with Crippen LogP contribution in [-0.4, -0.2) is 16.8 Å². The second-order valence-corrected chi connectivity index (χ2v) is 3.58. The maximum Gasteiger partial charge on any atom is 0.309 e. The first-order valence-corrected chi connectivity index (χ1v) is 5.00. The number of carbonyl (C=O) groups is 2. The molecule has 0 saturated heterocycles. The van der Waals surface area contributed by atoms with E-state index in [4.69, 9.17) is 10.2 Å². The maximum absolute atomic E-state index is 11.0. The summed E-state index contributed by atoms with van der Waals surface area (Å²) in [6, 6.07) is 5.34. The average Bonchev–Trinajstić information content (AvgIpc) is 2.64. The minimum absolute atomic E-state index is 0.226. The number of oxazole rings is 1. The molecule has 6 nitrogen and oxygen atoms in total. The van der Waals surface area contributed by atoms with E-state index in [2.05, 4.69) is 10.3 Å². The standard InChI is InChI=1S/C11H11N3O3/c1-6-14-8-4-7(2-3-9(8)17-6)5-13-11(16)10(12)15/h2-4H,5H2,1H3,(H2,12,15)(H,13,16). The van der Waals surface area contributed by atoms with E-state index in [9.17, 15) is 9.59 Å². The predicted molar refractivity (Wildman–Crippen MR) is 59.8 cm³/mol. The summed E-state index contributed by atoms with van der Waals surface area (Å²) in [4.78, 5) is 25.6. The molecule has 1 aromatic heterocycles. The molecule has 2 rings (SSSR count). The number of nitrogens with zero attached hydrogens (tertiary/aromatic N) is 1. The van der Waals surface area contributed by atoms with Crippen molar-refractivity contribution < 1.29 is 14.0 Å². The summed E-state index contributed by atoms with van der Waals surface area (Å²) in [6.45, 7) is 1.98. The SMILES string of the molecule is Cc1nc2cc(CNC(=O)C(N)=O)ccc2o1. The van der Waals surface area contributed by atoms with Crippen LogP contribution in [0.2, 0.25) is 0 Å². The van der Waals surface area contributed by atoms with Gasteiger partial charge in [-0.25, -0.2) is 4.98 Å². The van der Waals surface area contributed by atoms with Crippen LogP contribution in [0.1, 0.15) is 11.5 Å². The summed E-state index contributed by atoms with van der Waals surface area (Å²) in [5.41, 5.74) is 7.04. The zero-order valence-corrected chi connectivity index (χ0v) is 9.19. The number of benzene rings is 1. The van der Waals surface area contributed by atoms with E-state index in [1.54, 1.807) is 25.1 Å². The molecule has 0 atom stereocenters. The summed E-state index contributed by atoms with van der Waals surface area (Å²) in [5.74, 6) is -1.22. The normalized spacial score (nSPS) is 10.4. The zero-order chi connectivity index (χ0) is 12.4. The Balaban J connectivity index is 2.14. The first kappa shape index (κ1) is 11.1. The van der Waals surface area contributed by atoms with Gasteiger partial charge in [-0.2, -0.15) is 0 Å². The van der Waals surface area contributed by atoms with E-state index >= 15 is 0 Å². The van der Waals surface area contributed by atoms with Crippen LogP contribution >= 0.6 is 0 Å². The Morgan fingerprint density at radius 1 is 1.47 bits per heavy atom. The number of hydrogen-bond donors (Lipinski definition) is 2. The van der Waals surface area contributed by atoms with Crippen LogP contribution in [0.25, 0.3) is 11.1 Å². The largest absolute Gasteiger partial charge is 0.441 e. The van der Waals surface area contributed by atoms with E-state index in [-0.39, 0.29) is 6.54 Å². The highest BCUT2D eigenvalue weighted by Crippen LogP contribution is 2.16. The molecule has 88 valence electrons. The number of aromatic nitrogens is 1. The number of carbonyl (C=O) groups excluding carboxylic acids is 2. The first-order valence-electron chi connectivity index (χ1n) is 5.00. The lowest BCUT2D eigenvalue weighted by atomic mass is 10.2. The van der Waals surface area contributed by atoms with Crippen molar-refractivity contribution in [1.29, 1.82) is 0 Å². The molecule has 0 aliphatic carbocycles. The summed E-state index contributed by atoms with van der Waals surface area (Å²) in [6.07, 6.45) is 0. The molecule has 0 aliphatic rings. The quantitative estimate of drug-likeness (QED) is 0.726. The zero-order valence-electron chi connectivity index (χ0n) is 9.19. The molecule has 0 spiro atoms. The number of hydrogen-bond acceptors (Lipinski definition) is 4. The Morgan fingerprint density at radius 2 is 2.24 bits per heavy atom. The van der Waals surface area contributed by atoms with Crippen LogP contribution in [-0.2, 0) is 16.1 Å². The molecule has 2 aromatic rings. The van der Waals surface area contributed by atoms with E-state index in [1.807, 2.05) is 0 Å². The summed E-state index contributed by atoms with van der Waals surface area (Å²) in [5, 5.41) is 2.40. The monoisotopic (exact) mass is 233 g/mol. The minimum atomic E-state index is -0.997. The molecule has 3 N–H and O–H groups in total. The molecule has 0 fully saturated rings. The molecular formula is C11H11N3O3. The second kappa shape index (κ2) is 4.25. The van der Waals surface area contributed by atoms with Crippen molar-refractivity contribution in [2.24, 2.45) is 5.73 Å². The average molecular weight is 233 g/mol. The third-order valence-electron chi connectivity index (χ3n) is 2.24. The topological polar surface area (TPSA) is 98.2 Å². The van der Waals surface area contributed by atoms with Gasteiger partial charge in [0.15, 0.2) is 11.5 Å². The van der Waals surface area contributed by atoms with E-state index in [0.717, 1.165) is 5.56 Å². The lowest BCUT2D eigenvalue weighted by Crippen LogP contribution is -2.35. The lowest BCUT2D eigenvalue weighted by molar-refractivity contribution is -0.137. The number of primary amides is 1. The number of amides is 2. The van der Waals surface area contributed by atoms with Gasteiger partial charge in [-0.05, 0) is 17.7 Å². The van der Waals surface area contributed by atoms with Crippen LogP contribution in [0.3, 0.4) is 0 Å². The van der Waals surface area contributed by atoms with Gasteiger partial charge in [-0.15, -0.1) is 0 Å². The Morgan fingerprint density at radius 3 is 2.94 bits per heavy atom. The van der Waals surface area contributed by atoms with Crippen LogP contribution in [0.4, 0.5) is 0 Å². The van der Waals surface area contributed by atoms with Crippen molar-refractivity contribution in [2.75, 3.05) is 0 Å². The molecular weight excluding hydrogens is 222 g/mol. The van der Waals surface area contributed by atoms with Gasteiger partial charge in [0, 0.05) is 13.5 Å². The molecule has 1 aromatic carbocycles. The van der Waals surface area contributed by atoms with Gasteiger partial charge in [0.25, 0.3) is 0 Å². The Kier molecular flexibility index (Phi) is 2.78. The summed E-state index contributed by atoms with van der Waals surface area (Å²) < 4.78 is 5.31. The predicted octanol–water partition coefficient (Wildman–Crippen LogP) is 0.238. The number of nitrogens with two attached hydrogens (primary N) is 1. The van der Waals surface area contributed by atoms with Crippen molar-refractivity contribution in [3.63, 3.8) is 0 Å². The van der Waals surface area contributed by atoms with Crippen molar-refractivity contribution in [2.45, 2.75) is 13.5 Å². The molecule has 17 heavy (non-hydrogen) atoms. The van der Waals surface area contributed by atoms with E-state index < -0.39 is 11.8 Å². The van der Waals surface area contributed by atoms with Crippen LogP contribution in [0.15, 0.2) is 22.6 Å². The number of nitrogens with one attached hydrogen (secondary N) is 1. The fraction of sp³-hybridized carbons (Fsp3) is 0.182. The molecule has 0 saturated carbocycles. The second-order valence-electron chi connectivity index (χ2n) is 3.58. The van der Waals surface area contributed by atoms with Gasteiger partial charge in [0.1, 0.15) is 5.52 Å². The summed E-state index contributed by atoms with van der Waals surface area (Å²) >= 11 is 0. The highest BCUT2D eigenvalue weighted by Gasteiger charge is 2.08. The fourth-order valence-electron chi connectivity index (χ4n) is 1.47. The van der Waals surface area contributed by atoms with E-state index in [0.29, 0.717) is 17.0 Å². The van der Waals surface area contributed by atoms with Crippen LogP contribution < -0.4 is 11.1 Å². The fourth-order valence-corrected chi connectivity index (χ4v) is 1.47. The van der Waals surface area contributed by atoms with Crippen LogP contribution in [0.5, 0.6) is 0 Å². The summed E-state index contributed by atoms with van der Waals surface area (Å²) in [7, 11) is 0. The molecule has 0 aliphatic heterocycles. The smallest absolute Gasteiger partial charge is 0.309 e. The number of fused-ring (bicyclic) bond motifs is 1. The van der Waals surface area contributed by atoms with Crippen molar-refractivity contribution in [3.8, 4) is 0 Å². The van der Waals surface area contributed by atoms with Crippen molar-refractivity contribution >= 4 is 22.9 Å². The van der Waals surface area contributed by atoms with Gasteiger partial charge in [-0.1, -0.05) is 6.07 Å². The third kappa shape index (κ3) is 2.41. The molecule has 2 amide bonds. The van der Waals surface area contributed by atoms with Crippen molar-refractivity contribution in [3.05, 3.63) is 29.7 Å². The van der Waals surface area contributed by atoms with Gasteiger partial charge < -0.3 is 15.5 Å². The molecule has 0 radical (unpaired) electrons. The Labute approximate surface area is 96.8 Å². The molecule has 6 heteroatoms. The van der Waals surface area contributed by atoms with Crippen molar-refractivity contribution in [1.82, 2.24) is 10.3 Å². The van der Waals surface area contributed by atoms with Gasteiger partial charge in [-0.3, -0.25) is 9.59 Å². The van der Waals surface area contributed by atoms with Gasteiger partial charge in [0.2, 0.25) is 0 Å². The Bertz CT molecular complexity index is 589. The highest BCUT2D eigenvalue weighted by atomic mass is 16.3. The molecule has 1 heterocycles. The highest BCUT2D eigenvalue weighted by molar-refractivity contribution is 6.34. The molecule has 0 bridgehead atoms. The van der Waals surface area contributed by atoms with E-state index in [1.165, 1.54) is 0 Å². The number of aryl methyl sites for hydroxylation is 1. The number of rotatable bonds is 2. The van der Waals surface area contributed by atoms with Gasteiger partial charge in [0.05, 0.1) is 0 Å². The first-order chi connectivity index (χ1) is 8.06.